The van der Waals surface area contributed by atoms with Gasteiger partial charge in [0, 0.05) is 24.5 Å². The summed E-state index contributed by atoms with van der Waals surface area (Å²) in [6.07, 6.45) is 0.786. The van der Waals surface area contributed by atoms with Crippen molar-refractivity contribution in [3.63, 3.8) is 0 Å². The normalized spacial score (nSPS) is 11.4. The second kappa shape index (κ2) is 10.3. The van der Waals surface area contributed by atoms with Crippen LogP contribution in [0.5, 0.6) is 0 Å². The van der Waals surface area contributed by atoms with Gasteiger partial charge in [0.05, 0.1) is 6.54 Å². The summed E-state index contributed by atoms with van der Waals surface area (Å²) in [5.74, 6) is 0.459. The van der Waals surface area contributed by atoms with Gasteiger partial charge >= 0.3 is 11.3 Å². The van der Waals surface area contributed by atoms with E-state index < -0.39 is 16.9 Å². The van der Waals surface area contributed by atoms with Crippen LogP contribution in [0.3, 0.4) is 0 Å². The molecule has 2 aromatic carbocycles. The van der Waals surface area contributed by atoms with Crippen molar-refractivity contribution in [2.75, 3.05) is 17.2 Å². The lowest BCUT2D eigenvalue weighted by atomic mass is 10.0. The molecule has 0 bridgehead atoms. The summed E-state index contributed by atoms with van der Waals surface area (Å²) in [6.45, 7) is 9.08. The topological polar surface area (TPSA) is 114 Å². The third-order valence-corrected chi connectivity index (χ3v) is 6.57. The molecular weight excluding hydrogens is 456 g/mol. The van der Waals surface area contributed by atoms with Gasteiger partial charge in [-0.05, 0) is 48.4 Å². The van der Waals surface area contributed by atoms with Crippen molar-refractivity contribution in [1.82, 2.24) is 9.55 Å². The van der Waals surface area contributed by atoms with Crippen molar-refractivity contribution in [3.05, 3.63) is 102 Å². The number of aryl methyl sites for hydroxylation is 2. The summed E-state index contributed by atoms with van der Waals surface area (Å²) in [4.78, 5) is 42.6. The van der Waals surface area contributed by atoms with E-state index >= 15 is 0 Å². The van der Waals surface area contributed by atoms with Gasteiger partial charge in [0.15, 0.2) is 0 Å². The smallest absolute Gasteiger partial charge is 0.336 e. The Morgan fingerprint density at radius 1 is 1.06 bits per heavy atom. The molecule has 0 unspecified atom stereocenters. The van der Waals surface area contributed by atoms with Gasteiger partial charge in [-0.2, -0.15) is 0 Å². The van der Waals surface area contributed by atoms with E-state index in [2.05, 4.69) is 18.8 Å². The first-order chi connectivity index (χ1) is 17.2. The zero-order valence-corrected chi connectivity index (χ0v) is 21.1. The maximum atomic E-state index is 13.1. The molecule has 0 aliphatic heterocycles. The quantitative estimate of drug-likeness (QED) is 0.363. The lowest BCUT2D eigenvalue weighted by molar-refractivity contribution is 0.551. The third-order valence-electron chi connectivity index (χ3n) is 6.57. The summed E-state index contributed by atoms with van der Waals surface area (Å²) in [5, 5.41) is 0.805. The lowest BCUT2D eigenvalue weighted by Gasteiger charge is -2.27. The number of nitrogen functional groups attached to an aromatic ring is 1. The molecule has 0 fully saturated rings. The molecule has 4 rings (SSSR count). The maximum Gasteiger partial charge on any atom is 0.336 e. The first-order valence-corrected chi connectivity index (χ1v) is 12.1. The van der Waals surface area contributed by atoms with Crippen LogP contribution in [0.1, 0.15) is 42.5 Å². The van der Waals surface area contributed by atoms with Crippen LogP contribution in [0.4, 0.5) is 11.5 Å². The number of rotatable bonds is 8. The minimum absolute atomic E-state index is 0.0932. The summed E-state index contributed by atoms with van der Waals surface area (Å²) in [7, 11) is 0. The first kappa shape index (κ1) is 25.0. The second-order valence-corrected chi connectivity index (χ2v) is 9.64. The summed E-state index contributed by atoms with van der Waals surface area (Å²) in [6, 6.07) is 14.8. The van der Waals surface area contributed by atoms with Crippen molar-refractivity contribution >= 4 is 22.5 Å². The predicted molar refractivity (Wildman–Crippen MR) is 144 cm³/mol. The van der Waals surface area contributed by atoms with Gasteiger partial charge in [0.1, 0.15) is 17.1 Å². The molecule has 188 valence electrons. The van der Waals surface area contributed by atoms with Gasteiger partial charge in [-0.3, -0.25) is 14.3 Å². The number of aromatic nitrogens is 2. The number of benzene rings is 2. The van der Waals surface area contributed by atoms with Crippen LogP contribution in [0, 0.1) is 19.8 Å². The number of anilines is 2. The Morgan fingerprint density at radius 3 is 2.47 bits per heavy atom. The molecule has 0 saturated heterocycles. The Balaban J connectivity index is 1.85. The average Bonchev–Trinajstić information content (AvgIpc) is 2.83. The molecule has 3 N–H and O–H groups in total. The van der Waals surface area contributed by atoms with Gasteiger partial charge in [0.25, 0.3) is 5.56 Å². The van der Waals surface area contributed by atoms with Crippen molar-refractivity contribution < 1.29 is 4.42 Å². The van der Waals surface area contributed by atoms with Crippen LogP contribution in [0.15, 0.2) is 67.3 Å². The van der Waals surface area contributed by atoms with E-state index in [0.717, 1.165) is 34.1 Å². The van der Waals surface area contributed by atoms with Gasteiger partial charge in [-0.1, -0.05) is 56.3 Å². The first-order valence-electron chi connectivity index (χ1n) is 12.1. The predicted octanol–water partition coefficient (Wildman–Crippen LogP) is 3.94. The monoisotopic (exact) mass is 488 g/mol. The molecule has 0 spiro atoms. The molecule has 0 aliphatic carbocycles. The number of H-pyrrole nitrogens is 1. The van der Waals surface area contributed by atoms with Crippen molar-refractivity contribution in [2.45, 2.75) is 47.2 Å². The Kier molecular flexibility index (Phi) is 7.15. The van der Waals surface area contributed by atoms with Crippen LogP contribution in [0.2, 0.25) is 0 Å². The van der Waals surface area contributed by atoms with E-state index in [0.29, 0.717) is 18.0 Å². The van der Waals surface area contributed by atoms with Crippen LogP contribution < -0.4 is 27.5 Å². The van der Waals surface area contributed by atoms with Gasteiger partial charge in [0.2, 0.25) is 0 Å². The molecule has 2 aromatic heterocycles. The minimum Gasteiger partial charge on any atom is -0.422 e. The van der Waals surface area contributed by atoms with E-state index in [1.807, 2.05) is 61.2 Å². The number of hydrogen-bond acceptors (Lipinski definition) is 6. The molecule has 0 saturated carbocycles. The van der Waals surface area contributed by atoms with E-state index in [1.54, 1.807) is 0 Å². The highest BCUT2D eigenvalue weighted by atomic mass is 16.4. The summed E-state index contributed by atoms with van der Waals surface area (Å²) >= 11 is 0. The lowest BCUT2D eigenvalue weighted by Crippen LogP contribution is -2.39. The number of hydrogen-bond donors (Lipinski definition) is 2. The van der Waals surface area contributed by atoms with Crippen molar-refractivity contribution in [2.24, 2.45) is 5.92 Å². The molecule has 0 atom stereocenters. The fourth-order valence-corrected chi connectivity index (χ4v) is 4.35. The SMILES string of the molecule is Cc1ccc2c(CN(CCC(C)C)c3c(N)n(Cc4ccccc4)c(=O)[nH]c3=O)cc(=O)oc2c1C. The second-order valence-electron chi connectivity index (χ2n) is 9.64. The average molecular weight is 489 g/mol. The zero-order chi connectivity index (χ0) is 26.0. The molecular formula is C28H32N4O4. The van der Waals surface area contributed by atoms with Crippen molar-refractivity contribution in [3.8, 4) is 0 Å². The fourth-order valence-electron chi connectivity index (χ4n) is 4.35. The Labute approximate surface area is 209 Å². The number of nitrogens with zero attached hydrogens (tertiary/aromatic N) is 2. The molecule has 0 aliphatic rings. The van der Waals surface area contributed by atoms with E-state index in [9.17, 15) is 14.4 Å². The van der Waals surface area contributed by atoms with Crippen LogP contribution in [-0.4, -0.2) is 16.1 Å². The van der Waals surface area contributed by atoms with Crippen LogP contribution in [-0.2, 0) is 13.1 Å². The Hall–Kier alpha value is -4.07. The number of nitrogens with two attached hydrogens (primary N) is 1. The zero-order valence-electron chi connectivity index (χ0n) is 21.1. The molecule has 0 amide bonds. The Morgan fingerprint density at radius 2 is 1.78 bits per heavy atom. The minimum atomic E-state index is -0.564. The molecule has 4 aromatic rings. The van der Waals surface area contributed by atoms with Gasteiger partial charge in [-0.15, -0.1) is 0 Å². The standard InChI is InChI=1S/C28H32N4O4/c1-17(2)12-13-31(16-21-14-23(33)36-25-19(4)18(3)10-11-22(21)25)24-26(29)32(28(35)30-27(24)34)15-20-8-6-5-7-9-20/h5-11,14,17H,12-13,15-16,29H2,1-4H3,(H,30,34,35). The maximum absolute atomic E-state index is 13.1. The highest BCUT2D eigenvalue weighted by Crippen LogP contribution is 2.27. The highest BCUT2D eigenvalue weighted by molar-refractivity contribution is 5.84. The molecule has 2 heterocycles. The van der Waals surface area contributed by atoms with E-state index in [4.69, 9.17) is 10.2 Å². The van der Waals surface area contributed by atoms with Crippen LogP contribution in [0.25, 0.3) is 11.0 Å². The van der Waals surface area contributed by atoms with Crippen LogP contribution >= 0.6 is 0 Å². The molecule has 8 heteroatoms. The van der Waals surface area contributed by atoms with E-state index in [1.165, 1.54) is 10.6 Å². The number of nitrogens with one attached hydrogen (secondary N) is 1. The summed E-state index contributed by atoms with van der Waals surface area (Å²) < 4.78 is 6.91. The summed E-state index contributed by atoms with van der Waals surface area (Å²) in [5.41, 5.74) is 9.22. The third kappa shape index (κ3) is 5.12. The van der Waals surface area contributed by atoms with E-state index in [-0.39, 0.29) is 24.6 Å². The van der Waals surface area contributed by atoms with Crippen molar-refractivity contribution in [1.29, 1.82) is 0 Å². The van der Waals surface area contributed by atoms with Gasteiger partial charge < -0.3 is 15.1 Å². The molecule has 0 radical (unpaired) electrons. The Bertz CT molecular complexity index is 1570. The number of fused-ring (bicyclic) bond motifs is 1. The van der Waals surface area contributed by atoms with Gasteiger partial charge in [-0.25, -0.2) is 9.59 Å². The largest absolute Gasteiger partial charge is 0.422 e. The number of aromatic amines is 1. The fraction of sp³-hybridized carbons (Fsp3) is 0.321. The highest BCUT2D eigenvalue weighted by Gasteiger charge is 2.21. The molecule has 36 heavy (non-hydrogen) atoms. The molecule has 8 nitrogen and oxygen atoms in total.